The van der Waals surface area contributed by atoms with E-state index in [0.29, 0.717) is 0 Å². The van der Waals surface area contributed by atoms with Gasteiger partial charge in [0, 0.05) is 19.6 Å². The molecule has 2 aliphatic heterocycles. The first-order valence-corrected chi connectivity index (χ1v) is 8.73. The van der Waals surface area contributed by atoms with Crippen molar-refractivity contribution >= 4 is 10.0 Å². The molecule has 1 unspecified atom stereocenters. The maximum atomic E-state index is 12.3. The zero-order valence-electron chi connectivity index (χ0n) is 11.6. The van der Waals surface area contributed by atoms with Crippen LogP contribution in [-0.2, 0) is 10.0 Å². The van der Waals surface area contributed by atoms with Crippen molar-refractivity contribution in [2.45, 2.75) is 39.5 Å². The van der Waals surface area contributed by atoms with Gasteiger partial charge in [0.05, 0.1) is 5.75 Å². The highest BCUT2D eigenvalue weighted by Crippen LogP contribution is 2.36. The lowest BCUT2D eigenvalue weighted by atomic mass is 9.75. The van der Waals surface area contributed by atoms with Crippen LogP contribution in [0.3, 0.4) is 0 Å². The molecule has 18 heavy (non-hydrogen) atoms. The number of hydrogen-bond donors (Lipinski definition) is 1. The molecule has 2 aliphatic rings. The Balaban J connectivity index is 2.06. The van der Waals surface area contributed by atoms with Gasteiger partial charge in [0.25, 0.3) is 0 Å². The highest BCUT2D eigenvalue weighted by molar-refractivity contribution is 7.89. The molecule has 0 radical (unpaired) electrons. The molecule has 106 valence electrons. The quantitative estimate of drug-likeness (QED) is 0.847. The average Bonchev–Trinajstić information content (AvgIpc) is 2.28. The molecule has 5 heteroatoms. The summed E-state index contributed by atoms with van der Waals surface area (Å²) >= 11 is 0. The molecule has 0 aromatic heterocycles. The maximum absolute atomic E-state index is 12.3. The smallest absolute Gasteiger partial charge is 0.214 e. The van der Waals surface area contributed by atoms with E-state index >= 15 is 0 Å². The Morgan fingerprint density at radius 2 is 2.00 bits per heavy atom. The van der Waals surface area contributed by atoms with Crippen LogP contribution in [0, 0.1) is 11.3 Å². The molecule has 1 atom stereocenters. The first-order valence-electron chi connectivity index (χ1n) is 7.12. The molecule has 0 amide bonds. The third kappa shape index (κ3) is 3.25. The van der Waals surface area contributed by atoms with E-state index in [9.17, 15) is 8.42 Å². The average molecular weight is 274 g/mol. The topological polar surface area (TPSA) is 49.4 Å². The van der Waals surface area contributed by atoms with E-state index in [4.69, 9.17) is 0 Å². The summed E-state index contributed by atoms with van der Waals surface area (Å²) < 4.78 is 26.4. The zero-order valence-corrected chi connectivity index (χ0v) is 12.4. The molecule has 2 heterocycles. The van der Waals surface area contributed by atoms with Gasteiger partial charge in [0.1, 0.15) is 0 Å². The first kappa shape index (κ1) is 14.3. The molecule has 4 nitrogen and oxygen atoms in total. The number of sulfonamides is 1. The van der Waals surface area contributed by atoms with Crippen LogP contribution in [0.4, 0.5) is 0 Å². The second kappa shape index (κ2) is 5.47. The number of piperidine rings is 2. The molecule has 0 aliphatic carbocycles. The third-order valence-corrected chi connectivity index (χ3v) is 6.31. The van der Waals surface area contributed by atoms with Crippen LogP contribution in [-0.4, -0.2) is 44.7 Å². The Hall–Kier alpha value is -0.130. The van der Waals surface area contributed by atoms with Crippen molar-refractivity contribution in [3.63, 3.8) is 0 Å². The standard InChI is InChI=1S/C13H26N2O2S/c1-12(2)9-18(16,17)15-8-4-6-13(11-15)5-3-7-14-10-13/h12,14H,3-11H2,1-2H3. The SMILES string of the molecule is CC(C)CS(=O)(=O)N1CCCC2(CCCNC2)C1. The van der Waals surface area contributed by atoms with Crippen LogP contribution in [0.1, 0.15) is 39.5 Å². The summed E-state index contributed by atoms with van der Waals surface area (Å²) in [7, 11) is -3.05. The van der Waals surface area contributed by atoms with Crippen molar-refractivity contribution in [3.05, 3.63) is 0 Å². The summed E-state index contributed by atoms with van der Waals surface area (Å²) in [5, 5.41) is 3.44. The van der Waals surface area contributed by atoms with Gasteiger partial charge in [-0.1, -0.05) is 13.8 Å². The van der Waals surface area contributed by atoms with Gasteiger partial charge in [-0.3, -0.25) is 0 Å². The highest BCUT2D eigenvalue weighted by Gasteiger charge is 2.40. The molecular formula is C13H26N2O2S. The maximum Gasteiger partial charge on any atom is 0.214 e. The van der Waals surface area contributed by atoms with Gasteiger partial charge in [-0.2, -0.15) is 0 Å². The van der Waals surface area contributed by atoms with Crippen LogP contribution in [0.5, 0.6) is 0 Å². The minimum absolute atomic E-state index is 0.206. The number of nitrogens with zero attached hydrogens (tertiary/aromatic N) is 1. The van der Waals surface area contributed by atoms with E-state index in [2.05, 4.69) is 5.32 Å². The fourth-order valence-corrected chi connectivity index (χ4v) is 5.24. The summed E-state index contributed by atoms with van der Waals surface area (Å²) in [6, 6.07) is 0. The predicted octanol–water partition coefficient (Wildman–Crippen LogP) is 1.44. The lowest BCUT2D eigenvalue weighted by Gasteiger charge is -2.45. The van der Waals surface area contributed by atoms with E-state index in [1.54, 1.807) is 4.31 Å². The van der Waals surface area contributed by atoms with E-state index in [-0.39, 0.29) is 17.1 Å². The number of nitrogens with one attached hydrogen (secondary N) is 1. The molecule has 0 aromatic rings. The van der Waals surface area contributed by atoms with Gasteiger partial charge in [-0.05, 0) is 43.6 Å². The van der Waals surface area contributed by atoms with Crippen LogP contribution in [0.25, 0.3) is 0 Å². The lowest BCUT2D eigenvalue weighted by molar-refractivity contribution is 0.110. The number of rotatable bonds is 3. The Morgan fingerprint density at radius 3 is 2.61 bits per heavy atom. The van der Waals surface area contributed by atoms with Gasteiger partial charge in [0.15, 0.2) is 0 Å². The summed E-state index contributed by atoms with van der Waals surface area (Å²) in [5.41, 5.74) is 0.209. The molecule has 0 aromatic carbocycles. The van der Waals surface area contributed by atoms with Crippen LogP contribution < -0.4 is 5.32 Å². The second-order valence-electron chi connectivity index (χ2n) is 6.39. The van der Waals surface area contributed by atoms with Crippen molar-refractivity contribution < 1.29 is 8.42 Å². The van der Waals surface area contributed by atoms with E-state index in [0.717, 1.165) is 32.6 Å². The van der Waals surface area contributed by atoms with Crippen LogP contribution >= 0.6 is 0 Å². The van der Waals surface area contributed by atoms with Crippen LogP contribution in [0.15, 0.2) is 0 Å². The van der Waals surface area contributed by atoms with Gasteiger partial charge in [-0.15, -0.1) is 0 Å². The zero-order chi connectivity index (χ0) is 13.2. The molecular weight excluding hydrogens is 248 g/mol. The monoisotopic (exact) mass is 274 g/mol. The molecule has 1 N–H and O–H groups in total. The molecule has 1 spiro atoms. The van der Waals surface area contributed by atoms with Crippen molar-refractivity contribution in [2.24, 2.45) is 11.3 Å². The Kier molecular flexibility index (Phi) is 4.34. The molecule has 2 saturated heterocycles. The van der Waals surface area contributed by atoms with E-state index < -0.39 is 10.0 Å². The van der Waals surface area contributed by atoms with Gasteiger partial charge >= 0.3 is 0 Å². The minimum atomic E-state index is -3.05. The highest BCUT2D eigenvalue weighted by atomic mass is 32.2. The van der Waals surface area contributed by atoms with Gasteiger partial charge in [0.2, 0.25) is 10.0 Å². The largest absolute Gasteiger partial charge is 0.316 e. The number of hydrogen-bond acceptors (Lipinski definition) is 3. The fourth-order valence-electron chi connectivity index (χ4n) is 3.31. The summed E-state index contributed by atoms with van der Waals surface area (Å²) in [4.78, 5) is 0. The Morgan fingerprint density at radius 1 is 1.28 bits per heavy atom. The van der Waals surface area contributed by atoms with E-state index in [1.165, 1.54) is 19.3 Å². The minimum Gasteiger partial charge on any atom is -0.316 e. The van der Waals surface area contributed by atoms with Crippen molar-refractivity contribution in [1.82, 2.24) is 9.62 Å². The van der Waals surface area contributed by atoms with Crippen molar-refractivity contribution in [1.29, 1.82) is 0 Å². The first-order chi connectivity index (χ1) is 8.44. The molecule has 0 saturated carbocycles. The van der Waals surface area contributed by atoms with Crippen LogP contribution in [0.2, 0.25) is 0 Å². The Labute approximate surface area is 111 Å². The second-order valence-corrected chi connectivity index (χ2v) is 8.40. The normalized spacial score (nSPS) is 31.1. The lowest BCUT2D eigenvalue weighted by Crippen LogP contribution is -2.53. The molecule has 2 rings (SSSR count). The molecule has 0 bridgehead atoms. The van der Waals surface area contributed by atoms with Crippen molar-refractivity contribution in [2.75, 3.05) is 31.9 Å². The summed E-state index contributed by atoms with van der Waals surface area (Å²) in [5.74, 6) is 0.494. The summed E-state index contributed by atoms with van der Waals surface area (Å²) in [6.07, 6.45) is 4.54. The van der Waals surface area contributed by atoms with Gasteiger partial charge in [-0.25, -0.2) is 12.7 Å². The van der Waals surface area contributed by atoms with Crippen molar-refractivity contribution in [3.8, 4) is 0 Å². The predicted molar refractivity (Wildman–Crippen MR) is 74.0 cm³/mol. The Bertz CT molecular complexity index is 367. The summed E-state index contributed by atoms with van der Waals surface area (Å²) in [6.45, 7) is 7.46. The van der Waals surface area contributed by atoms with E-state index in [1.807, 2.05) is 13.8 Å². The van der Waals surface area contributed by atoms with Gasteiger partial charge < -0.3 is 5.32 Å². The molecule has 2 fully saturated rings. The third-order valence-electron chi connectivity index (χ3n) is 4.12. The fraction of sp³-hybridized carbons (Fsp3) is 1.00.